The summed E-state index contributed by atoms with van der Waals surface area (Å²) in [7, 11) is 0. The minimum atomic E-state index is -0.204. The van der Waals surface area contributed by atoms with Gasteiger partial charge in [0.2, 0.25) is 5.91 Å². The maximum Gasteiger partial charge on any atom is 0.225 e. The van der Waals surface area contributed by atoms with Crippen molar-refractivity contribution in [1.29, 1.82) is 0 Å². The van der Waals surface area contributed by atoms with Gasteiger partial charge in [-0.25, -0.2) is 0 Å². The van der Waals surface area contributed by atoms with Crippen molar-refractivity contribution in [3.05, 3.63) is 66.2 Å². The second-order valence-corrected chi connectivity index (χ2v) is 6.81. The molecular formula is C20H21N5O. The van der Waals surface area contributed by atoms with Crippen molar-refractivity contribution >= 4 is 22.5 Å². The first kappa shape index (κ1) is 16.3. The van der Waals surface area contributed by atoms with E-state index in [1.54, 1.807) is 0 Å². The smallest absolute Gasteiger partial charge is 0.225 e. The van der Waals surface area contributed by atoms with Crippen molar-refractivity contribution in [3.8, 4) is 0 Å². The Morgan fingerprint density at radius 1 is 1.15 bits per heavy atom. The number of fused-ring (bicyclic) bond motifs is 2. The van der Waals surface area contributed by atoms with E-state index in [-0.39, 0.29) is 17.9 Å². The lowest BCUT2D eigenvalue weighted by Crippen LogP contribution is -2.34. The minimum absolute atomic E-state index is 0.0267. The number of H-pyrrole nitrogens is 1. The normalized spacial score (nSPS) is 12.7. The molecule has 0 aliphatic rings. The van der Waals surface area contributed by atoms with Gasteiger partial charge in [0.25, 0.3) is 0 Å². The zero-order valence-corrected chi connectivity index (χ0v) is 14.8. The number of para-hydroxylation sites is 1. The number of hydrogen-bond acceptors (Lipinski definition) is 3. The summed E-state index contributed by atoms with van der Waals surface area (Å²) in [6.07, 6.45) is 4.15. The van der Waals surface area contributed by atoms with Gasteiger partial charge in [-0.1, -0.05) is 38.1 Å². The highest BCUT2D eigenvalue weighted by atomic mass is 16.1. The Bertz CT molecular complexity index is 1060. The third-order valence-corrected chi connectivity index (χ3v) is 4.63. The van der Waals surface area contributed by atoms with Crippen molar-refractivity contribution in [2.45, 2.75) is 26.3 Å². The molecule has 0 radical (unpaired) electrons. The van der Waals surface area contributed by atoms with Crippen LogP contribution in [0.1, 0.15) is 31.3 Å². The molecule has 0 fully saturated rings. The largest absolute Gasteiger partial charge is 0.361 e. The van der Waals surface area contributed by atoms with Crippen LogP contribution in [0.5, 0.6) is 0 Å². The number of nitrogens with one attached hydrogen (secondary N) is 2. The molecule has 3 aromatic heterocycles. The van der Waals surface area contributed by atoms with Gasteiger partial charge in [-0.15, -0.1) is 10.2 Å². The average Bonchev–Trinajstić information content (AvgIpc) is 3.24. The fourth-order valence-electron chi connectivity index (χ4n) is 3.28. The SMILES string of the molecule is CC(C)[C@H](NC(=O)Cc1c[nH]c2ccccc12)c1nnc2ccccn12. The lowest BCUT2D eigenvalue weighted by atomic mass is 10.0. The number of rotatable bonds is 5. The Labute approximate surface area is 151 Å². The molecule has 0 aliphatic heterocycles. The van der Waals surface area contributed by atoms with Gasteiger partial charge in [-0.3, -0.25) is 9.20 Å². The van der Waals surface area contributed by atoms with Crippen molar-refractivity contribution < 1.29 is 4.79 Å². The van der Waals surface area contributed by atoms with Gasteiger partial charge >= 0.3 is 0 Å². The Balaban J connectivity index is 1.58. The maximum atomic E-state index is 12.7. The molecule has 6 heteroatoms. The van der Waals surface area contributed by atoms with Gasteiger partial charge in [0.1, 0.15) is 0 Å². The summed E-state index contributed by atoms with van der Waals surface area (Å²) in [5.41, 5.74) is 2.81. The van der Waals surface area contributed by atoms with E-state index in [1.165, 1.54) is 0 Å². The number of aromatic amines is 1. The van der Waals surface area contributed by atoms with Crippen LogP contribution in [-0.4, -0.2) is 25.5 Å². The predicted octanol–water partition coefficient (Wildman–Crippen LogP) is 3.27. The molecule has 6 nitrogen and oxygen atoms in total. The van der Waals surface area contributed by atoms with E-state index in [1.807, 2.05) is 59.3 Å². The zero-order valence-electron chi connectivity index (χ0n) is 14.8. The van der Waals surface area contributed by atoms with Crippen LogP contribution in [0.15, 0.2) is 54.9 Å². The van der Waals surface area contributed by atoms with Gasteiger partial charge in [-0.05, 0) is 29.7 Å². The number of benzene rings is 1. The first-order valence-electron chi connectivity index (χ1n) is 8.77. The van der Waals surface area contributed by atoms with Crippen LogP contribution in [0.4, 0.5) is 0 Å². The summed E-state index contributed by atoms with van der Waals surface area (Å²) >= 11 is 0. The second-order valence-electron chi connectivity index (χ2n) is 6.81. The van der Waals surface area contributed by atoms with E-state index < -0.39 is 0 Å². The molecule has 4 rings (SSSR count). The Hall–Kier alpha value is -3.15. The van der Waals surface area contributed by atoms with E-state index in [0.29, 0.717) is 6.42 Å². The number of pyridine rings is 1. The van der Waals surface area contributed by atoms with E-state index >= 15 is 0 Å². The van der Waals surface area contributed by atoms with Crippen molar-refractivity contribution in [2.75, 3.05) is 0 Å². The van der Waals surface area contributed by atoms with Crippen LogP contribution in [-0.2, 0) is 11.2 Å². The summed E-state index contributed by atoms with van der Waals surface area (Å²) in [6.45, 7) is 4.14. The van der Waals surface area contributed by atoms with Crippen molar-refractivity contribution in [1.82, 2.24) is 24.9 Å². The summed E-state index contributed by atoms with van der Waals surface area (Å²) in [6, 6.07) is 13.6. The first-order chi connectivity index (χ1) is 12.6. The quantitative estimate of drug-likeness (QED) is 0.582. The molecule has 132 valence electrons. The van der Waals surface area contributed by atoms with Gasteiger partial charge < -0.3 is 10.3 Å². The van der Waals surface area contributed by atoms with E-state index in [9.17, 15) is 4.79 Å². The number of carbonyl (C=O) groups is 1. The third kappa shape index (κ3) is 2.94. The van der Waals surface area contributed by atoms with Crippen LogP contribution >= 0.6 is 0 Å². The number of carbonyl (C=O) groups excluding carboxylic acids is 1. The maximum absolute atomic E-state index is 12.7. The molecule has 3 heterocycles. The highest BCUT2D eigenvalue weighted by molar-refractivity contribution is 5.88. The summed E-state index contributed by atoms with van der Waals surface area (Å²) in [5.74, 6) is 0.915. The molecule has 26 heavy (non-hydrogen) atoms. The monoisotopic (exact) mass is 347 g/mol. The van der Waals surface area contributed by atoms with E-state index in [2.05, 4.69) is 34.3 Å². The molecule has 1 amide bonds. The first-order valence-corrected chi connectivity index (χ1v) is 8.77. The number of hydrogen-bond donors (Lipinski definition) is 2. The Kier molecular flexibility index (Phi) is 4.16. The van der Waals surface area contributed by atoms with Crippen LogP contribution in [0.3, 0.4) is 0 Å². The lowest BCUT2D eigenvalue weighted by molar-refractivity contribution is -0.121. The van der Waals surface area contributed by atoms with Crippen LogP contribution < -0.4 is 5.32 Å². The third-order valence-electron chi connectivity index (χ3n) is 4.63. The van der Waals surface area contributed by atoms with E-state index in [4.69, 9.17) is 0 Å². The summed E-state index contributed by atoms with van der Waals surface area (Å²) in [5, 5.41) is 12.7. The minimum Gasteiger partial charge on any atom is -0.361 e. The lowest BCUT2D eigenvalue weighted by Gasteiger charge is -2.21. The molecule has 0 aliphatic carbocycles. The van der Waals surface area contributed by atoms with Gasteiger partial charge in [-0.2, -0.15) is 0 Å². The second kappa shape index (κ2) is 6.63. The Morgan fingerprint density at radius 2 is 1.96 bits per heavy atom. The standard InChI is InChI=1S/C20H21N5O/c1-13(2)19(20-24-23-17-9-5-6-10-25(17)20)22-18(26)11-14-12-21-16-8-4-3-7-15(14)16/h3-10,12-13,19,21H,11H2,1-2H3,(H,22,26)/t19-/m0/s1. The zero-order chi connectivity index (χ0) is 18.1. The molecule has 1 atom stereocenters. The highest BCUT2D eigenvalue weighted by Gasteiger charge is 2.24. The Morgan fingerprint density at radius 3 is 2.81 bits per heavy atom. The molecule has 0 saturated heterocycles. The van der Waals surface area contributed by atoms with Crippen molar-refractivity contribution in [2.24, 2.45) is 5.92 Å². The van der Waals surface area contributed by atoms with Gasteiger partial charge in [0.05, 0.1) is 12.5 Å². The predicted molar refractivity (Wildman–Crippen MR) is 101 cm³/mol. The van der Waals surface area contributed by atoms with Crippen LogP contribution in [0, 0.1) is 5.92 Å². The number of aromatic nitrogens is 4. The van der Waals surface area contributed by atoms with Crippen LogP contribution in [0.25, 0.3) is 16.6 Å². The fourth-order valence-corrected chi connectivity index (χ4v) is 3.28. The summed E-state index contributed by atoms with van der Waals surface area (Å²) in [4.78, 5) is 15.9. The number of nitrogens with zero attached hydrogens (tertiary/aromatic N) is 3. The molecule has 4 aromatic rings. The fraction of sp³-hybridized carbons (Fsp3) is 0.250. The average molecular weight is 347 g/mol. The number of amides is 1. The summed E-state index contributed by atoms with van der Waals surface area (Å²) < 4.78 is 1.93. The molecular weight excluding hydrogens is 326 g/mol. The van der Waals surface area contributed by atoms with E-state index in [0.717, 1.165) is 27.9 Å². The van der Waals surface area contributed by atoms with Gasteiger partial charge in [0.15, 0.2) is 11.5 Å². The molecule has 0 bridgehead atoms. The molecule has 0 unspecified atom stereocenters. The van der Waals surface area contributed by atoms with Crippen LogP contribution in [0.2, 0.25) is 0 Å². The molecule has 0 saturated carbocycles. The van der Waals surface area contributed by atoms with Gasteiger partial charge in [0, 0.05) is 23.3 Å². The molecule has 2 N–H and O–H groups in total. The van der Waals surface area contributed by atoms with Crippen molar-refractivity contribution in [3.63, 3.8) is 0 Å². The topological polar surface area (TPSA) is 75.1 Å². The molecule has 0 spiro atoms. The highest BCUT2D eigenvalue weighted by Crippen LogP contribution is 2.22. The molecule has 1 aromatic carbocycles.